The van der Waals surface area contributed by atoms with Crippen LogP contribution in [-0.2, 0) is 4.79 Å². The molecule has 19 heavy (non-hydrogen) atoms. The summed E-state index contributed by atoms with van der Waals surface area (Å²) in [6.07, 6.45) is 6.63. The highest BCUT2D eigenvalue weighted by Gasteiger charge is 2.33. The van der Waals surface area contributed by atoms with Crippen molar-refractivity contribution < 1.29 is 13.6 Å². The minimum absolute atomic E-state index is 0.169. The number of hydrogen-bond acceptors (Lipinski definition) is 1. The topological polar surface area (TPSA) is 29.1 Å². The zero-order chi connectivity index (χ0) is 13.4. The van der Waals surface area contributed by atoms with Gasteiger partial charge in [-0.15, -0.1) is 0 Å². The van der Waals surface area contributed by atoms with Gasteiger partial charge in [0.15, 0.2) is 0 Å². The monoisotopic (exact) mass is 265 g/mol. The Bertz CT molecular complexity index is 509. The van der Waals surface area contributed by atoms with E-state index in [9.17, 15) is 13.6 Å². The summed E-state index contributed by atoms with van der Waals surface area (Å²) in [5.41, 5.74) is 0.656. The first-order valence-corrected chi connectivity index (χ1v) is 6.95. The van der Waals surface area contributed by atoms with Gasteiger partial charge in [0.05, 0.1) is 11.6 Å². The van der Waals surface area contributed by atoms with Crippen molar-refractivity contribution in [3.05, 3.63) is 29.3 Å². The standard InChI is InChI=1S/C15H17F2NO/c16-10-7-12-11(6-5-9-3-1-2-4-9)15(19)18-14(12)13(17)8-10/h7-9,11H,1-6H2,(H,18,19). The van der Waals surface area contributed by atoms with Crippen molar-refractivity contribution in [2.24, 2.45) is 5.92 Å². The predicted molar refractivity (Wildman–Crippen MR) is 68.9 cm³/mol. The molecule has 1 amide bonds. The maximum Gasteiger partial charge on any atom is 0.232 e. The van der Waals surface area contributed by atoms with Gasteiger partial charge < -0.3 is 5.32 Å². The lowest BCUT2D eigenvalue weighted by atomic mass is 9.90. The molecule has 2 aliphatic rings. The van der Waals surface area contributed by atoms with E-state index < -0.39 is 11.6 Å². The van der Waals surface area contributed by atoms with Gasteiger partial charge in [0, 0.05) is 6.07 Å². The number of hydrogen-bond donors (Lipinski definition) is 1. The molecule has 1 aromatic carbocycles. The van der Waals surface area contributed by atoms with Gasteiger partial charge in [-0.05, 0) is 30.4 Å². The molecule has 0 aromatic heterocycles. The number of rotatable bonds is 3. The van der Waals surface area contributed by atoms with Gasteiger partial charge in [0.25, 0.3) is 0 Å². The quantitative estimate of drug-likeness (QED) is 0.880. The predicted octanol–water partition coefficient (Wildman–Crippen LogP) is 3.97. The number of benzene rings is 1. The van der Waals surface area contributed by atoms with Crippen LogP contribution in [0.15, 0.2) is 12.1 Å². The minimum Gasteiger partial charge on any atom is -0.323 e. The van der Waals surface area contributed by atoms with Gasteiger partial charge in [-0.1, -0.05) is 25.7 Å². The van der Waals surface area contributed by atoms with Crippen LogP contribution in [0.3, 0.4) is 0 Å². The van der Waals surface area contributed by atoms with Crippen LogP contribution in [0.1, 0.15) is 50.0 Å². The SMILES string of the molecule is O=C1Nc2c(F)cc(F)cc2C1CCC1CCCC1. The summed E-state index contributed by atoms with van der Waals surface area (Å²) in [5.74, 6) is -1.20. The van der Waals surface area contributed by atoms with Crippen LogP contribution in [0.4, 0.5) is 14.5 Å². The lowest BCUT2D eigenvalue weighted by molar-refractivity contribution is -0.117. The third-order valence-corrected chi connectivity index (χ3v) is 4.36. The summed E-state index contributed by atoms with van der Waals surface area (Å²) in [4.78, 5) is 11.9. The maximum atomic E-state index is 13.6. The summed E-state index contributed by atoms with van der Waals surface area (Å²) >= 11 is 0. The zero-order valence-corrected chi connectivity index (χ0v) is 10.7. The fourth-order valence-electron chi connectivity index (χ4n) is 3.34. The van der Waals surface area contributed by atoms with Crippen LogP contribution >= 0.6 is 0 Å². The summed E-state index contributed by atoms with van der Waals surface area (Å²) in [5, 5.41) is 2.54. The first kappa shape index (κ1) is 12.6. The molecule has 1 aromatic rings. The molecule has 0 saturated heterocycles. The molecule has 4 heteroatoms. The van der Waals surface area contributed by atoms with E-state index in [2.05, 4.69) is 5.32 Å². The fourth-order valence-corrected chi connectivity index (χ4v) is 3.34. The second kappa shape index (κ2) is 4.91. The molecule has 1 N–H and O–H groups in total. The molecule has 0 spiro atoms. The van der Waals surface area contributed by atoms with Crippen LogP contribution < -0.4 is 5.32 Å². The molecule has 0 bridgehead atoms. The first-order chi connectivity index (χ1) is 9.15. The number of carbonyl (C=O) groups excluding carboxylic acids is 1. The lowest BCUT2D eigenvalue weighted by Gasteiger charge is -2.12. The number of amides is 1. The molecular formula is C15H17F2NO. The van der Waals surface area contributed by atoms with E-state index in [0.29, 0.717) is 17.9 Å². The zero-order valence-electron chi connectivity index (χ0n) is 10.7. The van der Waals surface area contributed by atoms with Crippen LogP contribution in [0.25, 0.3) is 0 Å². The van der Waals surface area contributed by atoms with E-state index in [4.69, 9.17) is 0 Å². The number of fused-ring (bicyclic) bond motifs is 1. The highest BCUT2D eigenvalue weighted by molar-refractivity contribution is 6.02. The molecule has 1 heterocycles. The van der Waals surface area contributed by atoms with E-state index in [0.717, 1.165) is 12.5 Å². The molecule has 2 nitrogen and oxygen atoms in total. The van der Waals surface area contributed by atoms with Gasteiger partial charge in [-0.25, -0.2) is 8.78 Å². The van der Waals surface area contributed by atoms with Gasteiger partial charge in [0.1, 0.15) is 11.6 Å². The van der Waals surface area contributed by atoms with Crippen LogP contribution in [0, 0.1) is 17.6 Å². The summed E-state index contributed by atoms with van der Waals surface area (Å²) < 4.78 is 26.9. The highest BCUT2D eigenvalue weighted by atomic mass is 19.1. The van der Waals surface area contributed by atoms with Gasteiger partial charge in [-0.3, -0.25) is 4.79 Å². The van der Waals surface area contributed by atoms with Crippen LogP contribution in [-0.4, -0.2) is 5.91 Å². The van der Waals surface area contributed by atoms with Crippen molar-refractivity contribution in [3.8, 4) is 0 Å². The lowest BCUT2D eigenvalue weighted by Crippen LogP contribution is -2.13. The highest BCUT2D eigenvalue weighted by Crippen LogP contribution is 2.40. The van der Waals surface area contributed by atoms with Crippen molar-refractivity contribution in [1.82, 2.24) is 0 Å². The molecule has 1 saturated carbocycles. The van der Waals surface area contributed by atoms with E-state index in [1.165, 1.54) is 31.7 Å². The van der Waals surface area contributed by atoms with E-state index >= 15 is 0 Å². The van der Waals surface area contributed by atoms with E-state index in [1.807, 2.05) is 0 Å². The molecule has 1 aliphatic carbocycles. The number of nitrogens with one attached hydrogen (secondary N) is 1. The van der Waals surface area contributed by atoms with Crippen molar-refractivity contribution >= 4 is 11.6 Å². The average molecular weight is 265 g/mol. The molecule has 1 fully saturated rings. The van der Waals surface area contributed by atoms with Crippen molar-refractivity contribution in [2.45, 2.75) is 44.4 Å². The Morgan fingerprint density at radius 2 is 1.89 bits per heavy atom. The summed E-state index contributed by atoms with van der Waals surface area (Å²) in [6, 6.07) is 2.11. The first-order valence-electron chi connectivity index (χ1n) is 6.95. The summed E-state index contributed by atoms with van der Waals surface area (Å²) in [7, 11) is 0. The van der Waals surface area contributed by atoms with E-state index in [-0.39, 0.29) is 17.5 Å². The average Bonchev–Trinajstić information content (AvgIpc) is 2.95. The molecule has 0 radical (unpaired) electrons. The largest absolute Gasteiger partial charge is 0.323 e. The Hall–Kier alpha value is -1.45. The Labute approximate surface area is 111 Å². The van der Waals surface area contributed by atoms with Crippen molar-refractivity contribution in [2.75, 3.05) is 5.32 Å². The molecule has 1 aliphatic heterocycles. The van der Waals surface area contributed by atoms with Gasteiger partial charge in [0.2, 0.25) is 5.91 Å². The number of carbonyl (C=O) groups is 1. The fraction of sp³-hybridized carbons (Fsp3) is 0.533. The molecule has 1 unspecified atom stereocenters. The number of halogens is 2. The van der Waals surface area contributed by atoms with Gasteiger partial charge in [-0.2, -0.15) is 0 Å². The van der Waals surface area contributed by atoms with E-state index in [1.54, 1.807) is 0 Å². The Balaban J connectivity index is 1.77. The third kappa shape index (κ3) is 2.36. The van der Waals surface area contributed by atoms with Crippen molar-refractivity contribution in [3.63, 3.8) is 0 Å². The second-order valence-electron chi connectivity index (χ2n) is 5.62. The smallest absolute Gasteiger partial charge is 0.232 e. The van der Waals surface area contributed by atoms with Gasteiger partial charge >= 0.3 is 0 Å². The second-order valence-corrected chi connectivity index (χ2v) is 5.62. The Morgan fingerprint density at radius 1 is 1.16 bits per heavy atom. The number of anilines is 1. The summed E-state index contributed by atoms with van der Waals surface area (Å²) in [6.45, 7) is 0. The molecule has 3 rings (SSSR count). The Morgan fingerprint density at radius 3 is 2.63 bits per heavy atom. The molecular weight excluding hydrogens is 248 g/mol. The molecule has 1 atom stereocenters. The van der Waals surface area contributed by atoms with Crippen LogP contribution in [0.5, 0.6) is 0 Å². The van der Waals surface area contributed by atoms with Crippen LogP contribution in [0.2, 0.25) is 0 Å². The Kier molecular flexibility index (Phi) is 3.25. The normalized spacial score (nSPS) is 22.6. The minimum atomic E-state index is -0.674. The third-order valence-electron chi connectivity index (χ3n) is 4.36. The maximum absolute atomic E-state index is 13.6. The molecule has 102 valence electrons. The van der Waals surface area contributed by atoms with Crippen molar-refractivity contribution in [1.29, 1.82) is 0 Å².